The van der Waals surface area contributed by atoms with E-state index in [1.807, 2.05) is 0 Å². The van der Waals surface area contributed by atoms with E-state index in [4.69, 9.17) is 34.8 Å². The average molecular weight is 410 g/mol. The maximum Gasteiger partial charge on any atom is 0.349 e. The molecule has 1 aliphatic rings. The van der Waals surface area contributed by atoms with Gasteiger partial charge in [0.2, 0.25) is 0 Å². The molecular weight excluding hydrogens is 399 g/mol. The van der Waals surface area contributed by atoms with E-state index in [2.05, 4.69) is 16.2 Å². The third kappa shape index (κ3) is 3.34. The van der Waals surface area contributed by atoms with Crippen LogP contribution in [-0.2, 0) is 4.87 Å². The van der Waals surface area contributed by atoms with Gasteiger partial charge in [-0.15, -0.1) is 11.6 Å². The van der Waals surface area contributed by atoms with Gasteiger partial charge in [-0.05, 0) is 29.8 Å². The number of hydrogen-bond donors (Lipinski definition) is 1. The zero-order valence-electron chi connectivity index (χ0n) is 13.1. The topological polar surface area (TPSA) is 91.5 Å². The number of hydrogen-bond acceptors (Lipinski definition) is 4. The highest BCUT2D eigenvalue weighted by molar-refractivity contribution is 6.34. The van der Waals surface area contributed by atoms with Gasteiger partial charge in [-0.1, -0.05) is 35.3 Å². The second-order valence-electron chi connectivity index (χ2n) is 5.64. The first kappa shape index (κ1) is 18.5. The first-order valence-electron chi connectivity index (χ1n) is 7.46. The van der Waals surface area contributed by atoms with Gasteiger partial charge < -0.3 is 0 Å². The second kappa shape index (κ2) is 7.12. The maximum absolute atomic E-state index is 12.1. The van der Waals surface area contributed by atoms with Crippen LogP contribution in [0.5, 0.6) is 0 Å². The summed E-state index contributed by atoms with van der Waals surface area (Å²) in [5.74, 6) is -0.528. The number of nitrogens with zero attached hydrogens (tertiary/aromatic N) is 3. The highest BCUT2D eigenvalue weighted by Gasteiger charge is 2.41. The van der Waals surface area contributed by atoms with E-state index >= 15 is 0 Å². The molecule has 0 bridgehead atoms. The largest absolute Gasteiger partial charge is 0.349 e. The van der Waals surface area contributed by atoms with E-state index in [0.29, 0.717) is 15.6 Å². The molecule has 0 saturated carbocycles. The average Bonchev–Trinajstić information content (AvgIpc) is 2.58. The van der Waals surface area contributed by atoms with Gasteiger partial charge in [0, 0.05) is 22.4 Å². The number of aromatic nitrogens is 3. The summed E-state index contributed by atoms with van der Waals surface area (Å²) in [5, 5.41) is 13.8. The molecule has 2 atom stereocenters. The van der Waals surface area contributed by atoms with Crippen LogP contribution < -0.4 is 11.2 Å². The van der Waals surface area contributed by atoms with Gasteiger partial charge in [-0.2, -0.15) is 15.0 Å². The Balaban J connectivity index is 2.21. The fourth-order valence-corrected chi connectivity index (χ4v) is 3.76. The SMILES string of the molecule is N#CCC1C(Cl)=CC(n2ncc(=O)[nH]c2=O)=CC1(Cl)c1ccc(Cl)cc1. The first-order chi connectivity index (χ1) is 12.3. The summed E-state index contributed by atoms with van der Waals surface area (Å²) in [6.07, 6.45) is 4.15. The quantitative estimate of drug-likeness (QED) is 0.788. The molecule has 26 heavy (non-hydrogen) atoms. The van der Waals surface area contributed by atoms with Gasteiger partial charge in [0.15, 0.2) is 0 Å². The minimum atomic E-state index is -1.20. The summed E-state index contributed by atoms with van der Waals surface area (Å²) >= 11 is 19.3. The number of rotatable bonds is 3. The summed E-state index contributed by atoms with van der Waals surface area (Å²) < 4.78 is 0.986. The predicted octanol–water partition coefficient (Wildman–Crippen LogP) is 3.23. The molecule has 0 spiro atoms. The fourth-order valence-electron chi connectivity index (χ4n) is 2.79. The predicted molar refractivity (Wildman–Crippen MR) is 100 cm³/mol. The smallest absolute Gasteiger partial charge is 0.271 e. The number of halogens is 3. The van der Waals surface area contributed by atoms with Crippen LogP contribution in [0, 0.1) is 17.2 Å². The molecule has 1 aromatic carbocycles. The number of aromatic amines is 1. The highest BCUT2D eigenvalue weighted by Crippen LogP contribution is 2.49. The van der Waals surface area contributed by atoms with Crippen LogP contribution >= 0.6 is 34.8 Å². The zero-order chi connectivity index (χ0) is 18.9. The Morgan fingerprint density at radius 2 is 1.96 bits per heavy atom. The van der Waals surface area contributed by atoms with E-state index in [0.717, 1.165) is 10.9 Å². The molecule has 1 heterocycles. The van der Waals surface area contributed by atoms with Crippen molar-refractivity contribution in [2.24, 2.45) is 5.92 Å². The van der Waals surface area contributed by atoms with Gasteiger partial charge in [0.1, 0.15) is 6.20 Å². The third-order valence-electron chi connectivity index (χ3n) is 4.02. The standard InChI is InChI=1S/C17H11Cl3N4O2/c18-11-3-1-10(2-4-11)17(20)8-12(7-14(19)13(17)5-6-21)24-16(26)23-15(25)9-22-24/h1-4,7-9,13H,5H2,(H,23,25,26). The molecule has 0 radical (unpaired) electrons. The summed E-state index contributed by atoms with van der Waals surface area (Å²) in [7, 11) is 0. The van der Waals surface area contributed by atoms with Crippen LogP contribution in [0.2, 0.25) is 5.02 Å². The molecule has 0 aliphatic heterocycles. The molecular formula is C17H11Cl3N4O2. The number of H-pyrrole nitrogens is 1. The molecule has 6 nitrogen and oxygen atoms in total. The Hall–Kier alpha value is -2.33. The second-order valence-corrected chi connectivity index (χ2v) is 7.14. The van der Waals surface area contributed by atoms with Crippen molar-refractivity contribution in [1.29, 1.82) is 5.26 Å². The summed E-state index contributed by atoms with van der Waals surface area (Å²) in [6, 6.07) is 8.89. The van der Waals surface area contributed by atoms with Crippen LogP contribution in [0.1, 0.15) is 12.0 Å². The van der Waals surface area contributed by atoms with E-state index in [9.17, 15) is 14.9 Å². The lowest BCUT2D eigenvalue weighted by atomic mass is 9.79. The number of nitrogens with one attached hydrogen (secondary N) is 1. The lowest BCUT2D eigenvalue weighted by Gasteiger charge is -2.35. The van der Waals surface area contributed by atoms with Gasteiger partial charge >= 0.3 is 5.69 Å². The first-order valence-corrected chi connectivity index (χ1v) is 8.59. The molecule has 1 aromatic heterocycles. The molecule has 132 valence electrons. The summed E-state index contributed by atoms with van der Waals surface area (Å²) in [4.78, 5) is 24.2. The van der Waals surface area contributed by atoms with Crippen LogP contribution in [0.15, 0.2) is 57.2 Å². The molecule has 2 aromatic rings. The van der Waals surface area contributed by atoms with Crippen molar-refractivity contribution < 1.29 is 0 Å². The van der Waals surface area contributed by atoms with E-state index < -0.39 is 22.0 Å². The number of alkyl halides is 1. The Bertz CT molecular complexity index is 1060. The number of allylic oxidation sites excluding steroid dienone is 4. The minimum absolute atomic E-state index is 0.0686. The van der Waals surface area contributed by atoms with Crippen LogP contribution in [0.25, 0.3) is 5.70 Å². The highest BCUT2D eigenvalue weighted by atomic mass is 35.5. The van der Waals surface area contributed by atoms with Gasteiger partial charge in [-0.3, -0.25) is 9.78 Å². The third-order valence-corrected chi connectivity index (χ3v) is 5.24. The van der Waals surface area contributed by atoms with Gasteiger partial charge in [0.25, 0.3) is 5.56 Å². The molecule has 9 heteroatoms. The van der Waals surface area contributed by atoms with Crippen LogP contribution in [-0.4, -0.2) is 14.8 Å². The lowest BCUT2D eigenvalue weighted by Crippen LogP contribution is -2.35. The molecule has 0 saturated heterocycles. The maximum atomic E-state index is 12.1. The van der Waals surface area contributed by atoms with E-state index in [1.54, 1.807) is 30.3 Å². The Labute approximate surface area is 162 Å². The van der Waals surface area contributed by atoms with Crippen molar-refractivity contribution in [3.8, 4) is 6.07 Å². The van der Waals surface area contributed by atoms with Crippen molar-refractivity contribution in [2.45, 2.75) is 11.3 Å². The van der Waals surface area contributed by atoms with Gasteiger partial charge in [-0.25, -0.2) is 4.79 Å². The van der Waals surface area contributed by atoms with Crippen molar-refractivity contribution in [1.82, 2.24) is 14.8 Å². The zero-order valence-corrected chi connectivity index (χ0v) is 15.4. The Kier molecular flexibility index (Phi) is 5.05. The van der Waals surface area contributed by atoms with Crippen LogP contribution in [0.4, 0.5) is 0 Å². The normalized spacial score (nSPS) is 22.3. The molecule has 3 rings (SSSR count). The Morgan fingerprint density at radius 1 is 1.27 bits per heavy atom. The van der Waals surface area contributed by atoms with Gasteiger partial charge in [0.05, 0.1) is 16.6 Å². The molecule has 0 fully saturated rings. The minimum Gasteiger partial charge on any atom is -0.271 e. The number of nitriles is 1. The Morgan fingerprint density at radius 3 is 2.58 bits per heavy atom. The van der Waals surface area contributed by atoms with Crippen molar-refractivity contribution in [3.05, 3.63) is 79.1 Å². The monoisotopic (exact) mass is 408 g/mol. The van der Waals surface area contributed by atoms with Crippen molar-refractivity contribution >= 4 is 40.5 Å². The van der Waals surface area contributed by atoms with Crippen LogP contribution in [0.3, 0.4) is 0 Å². The summed E-state index contributed by atoms with van der Waals surface area (Å²) in [5.41, 5.74) is -0.395. The van der Waals surface area contributed by atoms with Crippen molar-refractivity contribution in [2.75, 3.05) is 0 Å². The number of benzene rings is 1. The van der Waals surface area contributed by atoms with E-state index in [-0.39, 0.29) is 12.1 Å². The van der Waals surface area contributed by atoms with E-state index in [1.165, 1.54) is 6.08 Å². The molecule has 1 aliphatic carbocycles. The van der Waals surface area contributed by atoms with Crippen molar-refractivity contribution in [3.63, 3.8) is 0 Å². The summed E-state index contributed by atoms with van der Waals surface area (Å²) in [6.45, 7) is 0. The molecule has 2 unspecified atom stereocenters. The molecule has 1 N–H and O–H groups in total. The lowest BCUT2D eigenvalue weighted by molar-refractivity contribution is 0.522. The fraction of sp³-hybridized carbons (Fsp3) is 0.176. The molecule has 0 amide bonds.